The van der Waals surface area contributed by atoms with Crippen molar-refractivity contribution in [3.63, 3.8) is 0 Å². The molecule has 2 heterocycles. The van der Waals surface area contributed by atoms with Crippen LogP contribution in [-0.4, -0.2) is 20.2 Å². The van der Waals surface area contributed by atoms with Gasteiger partial charge >= 0.3 is 0 Å². The minimum Gasteiger partial charge on any atom is -0.273 e. The van der Waals surface area contributed by atoms with Crippen LogP contribution < -0.4 is 0 Å². The van der Waals surface area contributed by atoms with Gasteiger partial charge in [-0.3, -0.25) is 5.10 Å². The number of nitrogens with one attached hydrogen (secondary N) is 1. The quantitative estimate of drug-likeness (QED) is 0.453. The Labute approximate surface area is 80.5 Å². The zero-order chi connectivity index (χ0) is 7.84. The lowest BCUT2D eigenvalue weighted by atomic mass is 10.5. The first-order valence-electron chi connectivity index (χ1n) is 2.79. The van der Waals surface area contributed by atoms with Crippen LogP contribution in [-0.2, 0) is 0 Å². The van der Waals surface area contributed by atoms with Crippen LogP contribution in [0, 0.1) is 3.70 Å². The van der Waals surface area contributed by atoms with E-state index in [1.807, 2.05) is 0 Å². The molecule has 2 aromatic rings. The number of fused-ring (bicyclic) bond motifs is 1. The molecule has 0 saturated heterocycles. The Morgan fingerprint density at radius 2 is 2.27 bits per heavy atom. The maximum absolute atomic E-state index is 5.61. The number of H-pyrrole nitrogens is 1. The van der Waals surface area contributed by atoms with Gasteiger partial charge < -0.3 is 0 Å². The van der Waals surface area contributed by atoms with Crippen molar-refractivity contribution in [3.8, 4) is 0 Å². The lowest BCUT2D eigenvalue weighted by Gasteiger charge is -1.91. The summed E-state index contributed by atoms with van der Waals surface area (Å²) in [5, 5.41) is 6.84. The van der Waals surface area contributed by atoms with E-state index in [0.717, 1.165) is 14.7 Å². The zero-order valence-electron chi connectivity index (χ0n) is 5.17. The molecule has 0 aliphatic rings. The average molecular weight is 280 g/mol. The molecule has 0 aliphatic heterocycles. The molecule has 0 unspecified atom stereocenters. The van der Waals surface area contributed by atoms with Crippen LogP contribution >= 0.6 is 34.2 Å². The number of hydrogen-bond donors (Lipinski definition) is 1. The number of hydrogen-bond acceptors (Lipinski definition) is 3. The molecule has 0 atom stereocenters. The van der Waals surface area contributed by atoms with Crippen molar-refractivity contribution >= 4 is 45.2 Å². The summed E-state index contributed by atoms with van der Waals surface area (Å²) in [6, 6.07) is 0. The first kappa shape index (κ1) is 7.23. The van der Waals surface area contributed by atoms with Gasteiger partial charge in [-0.2, -0.15) is 5.10 Å². The molecule has 0 aromatic carbocycles. The molecule has 0 aliphatic carbocycles. The summed E-state index contributed by atoms with van der Waals surface area (Å²) < 4.78 is 0.787. The van der Waals surface area contributed by atoms with Crippen LogP contribution in [0.2, 0.25) is 5.28 Å². The molecule has 2 aromatic heterocycles. The molecule has 2 rings (SSSR count). The number of halogens is 2. The largest absolute Gasteiger partial charge is 0.273 e. The predicted molar refractivity (Wildman–Crippen MR) is 49.4 cm³/mol. The zero-order valence-corrected chi connectivity index (χ0v) is 8.09. The van der Waals surface area contributed by atoms with E-state index in [0.29, 0.717) is 0 Å². The Morgan fingerprint density at radius 3 is 3.09 bits per heavy atom. The van der Waals surface area contributed by atoms with Crippen LogP contribution in [0.15, 0.2) is 6.20 Å². The van der Waals surface area contributed by atoms with Gasteiger partial charge in [0, 0.05) is 0 Å². The smallest absolute Gasteiger partial charge is 0.224 e. The molecule has 0 amide bonds. The van der Waals surface area contributed by atoms with Gasteiger partial charge in [-0.15, -0.1) is 0 Å². The summed E-state index contributed by atoms with van der Waals surface area (Å²) in [6.07, 6.45) is 1.62. The van der Waals surface area contributed by atoms with Gasteiger partial charge in [-0.1, -0.05) is 0 Å². The first-order valence-corrected chi connectivity index (χ1v) is 4.25. The lowest BCUT2D eigenvalue weighted by Crippen LogP contribution is -1.87. The predicted octanol–water partition coefficient (Wildman–Crippen LogP) is 1.61. The monoisotopic (exact) mass is 280 g/mol. The molecule has 4 nitrogen and oxygen atoms in total. The molecular weight excluding hydrogens is 278 g/mol. The molecule has 56 valence electrons. The highest BCUT2D eigenvalue weighted by Gasteiger charge is 2.04. The maximum Gasteiger partial charge on any atom is 0.224 e. The van der Waals surface area contributed by atoms with Crippen molar-refractivity contribution in [1.29, 1.82) is 0 Å². The van der Waals surface area contributed by atoms with E-state index >= 15 is 0 Å². The molecule has 0 spiro atoms. The highest BCUT2D eigenvalue weighted by molar-refractivity contribution is 14.1. The number of rotatable bonds is 0. The third-order valence-corrected chi connectivity index (χ3v) is 2.18. The van der Waals surface area contributed by atoms with Gasteiger partial charge in [-0.25, -0.2) is 9.97 Å². The first-order chi connectivity index (χ1) is 5.27. The SMILES string of the molecule is Clc1nc(I)c2[nH]ncc2n1. The van der Waals surface area contributed by atoms with Crippen LogP contribution in [0.5, 0.6) is 0 Å². The Bertz CT molecular complexity index is 398. The minimum atomic E-state index is 0.253. The normalized spacial score (nSPS) is 10.7. The Hall–Kier alpha value is -0.430. The molecule has 0 saturated carbocycles. The van der Waals surface area contributed by atoms with Crippen LogP contribution in [0.4, 0.5) is 0 Å². The Morgan fingerprint density at radius 1 is 1.45 bits per heavy atom. The molecule has 1 N–H and O–H groups in total. The second-order valence-corrected chi connectivity index (χ2v) is 3.27. The molecule has 11 heavy (non-hydrogen) atoms. The summed E-state index contributed by atoms with van der Waals surface area (Å²) in [5.41, 5.74) is 1.57. The van der Waals surface area contributed by atoms with Gasteiger partial charge in [0.1, 0.15) is 14.7 Å². The number of nitrogens with zero attached hydrogens (tertiary/aromatic N) is 3. The van der Waals surface area contributed by atoms with E-state index < -0.39 is 0 Å². The number of aromatic amines is 1. The second-order valence-electron chi connectivity index (χ2n) is 1.91. The van der Waals surface area contributed by atoms with E-state index in [-0.39, 0.29) is 5.28 Å². The molecular formula is C5H2ClIN4. The Kier molecular flexibility index (Phi) is 1.68. The van der Waals surface area contributed by atoms with Gasteiger partial charge in [-0.05, 0) is 34.2 Å². The summed E-state index contributed by atoms with van der Waals surface area (Å²) in [6.45, 7) is 0. The summed E-state index contributed by atoms with van der Waals surface area (Å²) in [7, 11) is 0. The second kappa shape index (κ2) is 2.56. The van der Waals surface area contributed by atoms with Gasteiger partial charge in [0.25, 0.3) is 0 Å². The standard InChI is InChI=1S/C5H2ClIN4/c6-5-9-2-1-8-11-3(2)4(7)10-5/h1H,(H,8,11). The molecule has 0 radical (unpaired) electrons. The van der Waals surface area contributed by atoms with E-state index in [1.54, 1.807) is 6.20 Å². The van der Waals surface area contributed by atoms with Gasteiger partial charge in [0.2, 0.25) is 5.28 Å². The van der Waals surface area contributed by atoms with Gasteiger partial charge in [0.15, 0.2) is 0 Å². The molecule has 0 bridgehead atoms. The fraction of sp³-hybridized carbons (Fsp3) is 0. The van der Waals surface area contributed by atoms with Crippen LogP contribution in [0.3, 0.4) is 0 Å². The van der Waals surface area contributed by atoms with Crippen molar-refractivity contribution in [3.05, 3.63) is 15.2 Å². The highest BCUT2D eigenvalue weighted by atomic mass is 127. The minimum absolute atomic E-state index is 0.253. The maximum atomic E-state index is 5.61. The third kappa shape index (κ3) is 1.18. The summed E-state index contributed by atoms with van der Waals surface area (Å²) in [5.74, 6) is 0. The van der Waals surface area contributed by atoms with Crippen LogP contribution in [0.25, 0.3) is 11.0 Å². The van der Waals surface area contributed by atoms with E-state index in [9.17, 15) is 0 Å². The molecule has 0 fully saturated rings. The van der Waals surface area contributed by atoms with E-state index in [2.05, 4.69) is 42.8 Å². The fourth-order valence-electron chi connectivity index (χ4n) is 0.778. The van der Waals surface area contributed by atoms with Crippen molar-refractivity contribution < 1.29 is 0 Å². The van der Waals surface area contributed by atoms with Crippen molar-refractivity contribution in [2.45, 2.75) is 0 Å². The third-order valence-electron chi connectivity index (χ3n) is 1.23. The molecule has 6 heteroatoms. The van der Waals surface area contributed by atoms with Gasteiger partial charge in [0.05, 0.1) is 6.20 Å². The summed E-state index contributed by atoms with van der Waals surface area (Å²) in [4.78, 5) is 7.90. The fourth-order valence-corrected chi connectivity index (χ4v) is 1.72. The van der Waals surface area contributed by atoms with Crippen molar-refractivity contribution in [1.82, 2.24) is 20.2 Å². The highest BCUT2D eigenvalue weighted by Crippen LogP contribution is 2.15. The lowest BCUT2D eigenvalue weighted by molar-refractivity contribution is 1.11. The van der Waals surface area contributed by atoms with Crippen molar-refractivity contribution in [2.75, 3.05) is 0 Å². The van der Waals surface area contributed by atoms with E-state index in [1.165, 1.54) is 0 Å². The van der Waals surface area contributed by atoms with Crippen LogP contribution in [0.1, 0.15) is 0 Å². The average Bonchev–Trinajstić information content (AvgIpc) is 2.34. The Balaban J connectivity index is 2.91. The van der Waals surface area contributed by atoms with E-state index in [4.69, 9.17) is 11.6 Å². The number of aromatic nitrogens is 4. The topological polar surface area (TPSA) is 54.5 Å². The van der Waals surface area contributed by atoms with Crippen molar-refractivity contribution in [2.24, 2.45) is 0 Å². The summed E-state index contributed by atoms with van der Waals surface area (Å²) >= 11 is 7.69.